The average Bonchev–Trinajstić information content (AvgIpc) is 2.36. The standard InChI is InChI=1S/C8H16N4/c1-6(9)7(2)11-8-10-4-5-12(8)3/h4-7H,9H2,1-3H3,(H,10,11). The summed E-state index contributed by atoms with van der Waals surface area (Å²) in [6.45, 7) is 4.01. The van der Waals surface area contributed by atoms with Crippen molar-refractivity contribution in [3.8, 4) is 0 Å². The Morgan fingerprint density at radius 1 is 1.58 bits per heavy atom. The molecule has 0 saturated heterocycles. The molecule has 0 fully saturated rings. The van der Waals surface area contributed by atoms with Gasteiger partial charge in [0.25, 0.3) is 0 Å². The first-order valence-corrected chi connectivity index (χ1v) is 4.10. The summed E-state index contributed by atoms with van der Waals surface area (Å²) >= 11 is 0. The first kappa shape index (κ1) is 9.06. The molecule has 0 aliphatic rings. The number of rotatable bonds is 3. The number of hydrogen-bond acceptors (Lipinski definition) is 3. The van der Waals surface area contributed by atoms with Crippen molar-refractivity contribution in [1.82, 2.24) is 9.55 Å². The summed E-state index contributed by atoms with van der Waals surface area (Å²) in [6.07, 6.45) is 3.66. The second-order valence-electron chi connectivity index (χ2n) is 3.15. The highest BCUT2D eigenvalue weighted by atomic mass is 15.2. The van der Waals surface area contributed by atoms with Gasteiger partial charge in [0.05, 0.1) is 0 Å². The molecule has 0 aromatic carbocycles. The van der Waals surface area contributed by atoms with Crippen molar-refractivity contribution in [3.05, 3.63) is 12.4 Å². The number of imidazole rings is 1. The highest BCUT2D eigenvalue weighted by molar-refractivity contribution is 5.27. The molecule has 1 aromatic rings. The fourth-order valence-electron chi connectivity index (χ4n) is 0.840. The summed E-state index contributed by atoms with van der Waals surface area (Å²) in [6, 6.07) is 0.368. The van der Waals surface area contributed by atoms with Gasteiger partial charge >= 0.3 is 0 Å². The summed E-state index contributed by atoms with van der Waals surface area (Å²) in [7, 11) is 1.95. The van der Waals surface area contributed by atoms with Gasteiger partial charge in [-0.1, -0.05) is 0 Å². The van der Waals surface area contributed by atoms with Gasteiger partial charge in [0.2, 0.25) is 5.95 Å². The summed E-state index contributed by atoms with van der Waals surface area (Å²) in [4.78, 5) is 4.13. The molecule has 0 aliphatic heterocycles. The van der Waals surface area contributed by atoms with Crippen molar-refractivity contribution >= 4 is 5.95 Å². The van der Waals surface area contributed by atoms with Gasteiger partial charge in [-0.3, -0.25) is 0 Å². The maximum atomic E-state index is 5.70. The van der Waals surface area contributed by atoms with Crippen LogP contribution >= 0.6 is 0 Å². The molecule has 4 nitrogen and oxygen atoms in total. The molecule has 12 heavy (non-hydrogen) atoms. The van der Waals surface area contributed by atoms with Crippen molar-refractivity contribution in [2.75, 3.05) is 5.32 Å². The number of nitrogens with two attached hydrogens (primary N) is 1. The zero-order valence-electron chi connectivity index (χ0n) is 7.78. The van der Waals surface area contributed by atoms with Crippen molar-refractivity contribution in [3.63, 3.8) is 0 Å². The number of hydrogen-bond donors (Lipinski definition) is 2. The normalized spacial score (nSPS) is 15.7. The smallest absolute Gasteiger partial charge is 0.202 e. The fraction of sp³-hybridized carbons (Fsp3) is 0.625. The van der Waals surface area contributed by atoms with Crippen LogP contribution in [0, 0.1) is 0 Å². The van der Waals surface area contributed by atoms with Gasteiger partial charge in [-0.2, -0.15) is 0 Å². The Bertz CT molecular complexity index is 241. The van der Waals surface area contributed by atoms with E-state index in [1.807, 2.05) is 31.7 Å². The van der Waals surface area contributed by atoms with Crippen LogP contribution in [-0.4, -0.2) is 21.6 Å². The Morgan fingerprint density at radius 2 is 2.25 bits per heavy atom. The molecule has 68 valence electrons. The molecular formula is C8H16N4. The SMILES string of the molecule is CC(N)C(C)Nc1nccn1C. The molecule has 1 aromatic heterocycles. The van der Waals surface area contributed by atoms with Crippen molar-refractivity contribution in [2.24, 2.45) is 12.8 Å². The lowest BCUT2D eigenvalue weighted by molar-refractivity contribution is 0.629. The van der Waals surface area contributed by atoms with Crippen LogP contribution in [-0.2, 0) is 7.05 Å². The zero-order valence-corrected chi connectivity index (χ0v) is 7.78. The second-order valence-corrected chi connectivity index (χ2v) is 3.15. The molecule has 0 radical (unpaired) electrons. The van der Waals surface area contributed by atoms with E-state index in [9.17, 15) is 0 Å². The average molecular weight is 168 g/mol. The maximum absolute atomic E-state index is 5.70. The quantitative estimate of drug-likeness (QED) is 0.693. The predicted octanol–water partition coefficient (Wildman–Crippen LogP) is 0.568. The monoisotopic (exact) mass is 168 g/mol. The Balaban J connectivity index is 2.58. The molecule has 2 atom stereocenters. The van der Waals surface area contributed by atoms with Crippen molar-refractivity contribution in [1.29, 1.82) is 0 Å². The van der Waals surface area contributed by atoms with Gasteiger partial charge < -0.3 is 15.6 Å². The Hall–Kier alpha value is -1.03. The van der Waals surface area contributed by atoms with Gasteiger partial charge in [-0.25, -0.2) is 4.98 Å². The number of nitrogens with one attached hydrogen (secondary N) is 1. The summed E-state index contributed by atoms with van der Waals surface area (Å²) < 4.78 is 1.93. The van der Waals surface area contributed by atoms with E-state index in [0.717, 1.165) is 5.95 Å². The molecule has 1 heterocycles. The third-order valence-electron chi connectivity index (χ3n) is 1.97. The number of nitrogens with zero attached hydrogens (tertiary/aromatic N) is 2. The molecule has 0 aliphatic carbocycles. The van der Waals surface area contributed by atoms with Crippen LogP contribution in [0.3, 0.4) is 0 Å². The molecule has 2 unspecified atom stereocenters. The molecular weight excluding hydrogens is 152 g/mol. The van der Waals surface area contributed by atoms with Gasteiger partial charge in [0.1, 0.15) is 0 Å². The van der Waals surface area contributed by atoms with E-state index in [2.05, 4.69) is 10.3 Å². The van der Waals surface area contributed by atoms with Gasteiger partial charge in [0.15, 0.2) is 0 Å². The van der Waals surface area contributed by atoms with Crippen LogP contribution in [0.5, 0.6) is 0 Å². The maximum Gasteiger partial charge on any atom is 0.202 e. The lowest BCUT2D eigenvalue weighted by atomic mass is 10.2. The summed E-state index contributed by atoms with van der Waals surface area (Å²) in [5, 5.41) is 3.22. The summed E-state index contributed by atoms with van der Waals surface area (Å²) in [5.74, 6) is 0.861. The van der Waals surface area contributed by atoms with Crippen molar-refractivity contribution < 1.29 is 0 Å². The van der Waals surface area contributed by atoms with E-state index >= 15 is 0 Å². The lowest BCUT2D eigenvalue weighted by Gasteiger charge is -2.17. The molecule has 1 rings (SSSR count). The zero-order chi connectivity index (χ0) is 9.14. The van der Waals surface area contributed by atoms with E-state index < -0.39 is 0 Å². The van der Waals surface area contributed by atoms with E-state index in [4.69, 9.17) is 5.73 Å². The highest BCUT2D eigenvalue weighted by Crippen LogP contribution is 2.04. The first-order valence-electron chi connectivity index (χ1n) is 4.10. The Morgan fingerprint density at radius 3 is 2.67 bits per heavy atom. The van der Waals surface area contributed by atoms with Crippen LogP contribution < -0.4 is 11.1 Å². The van der Waals surface area contributed by atoms with E-state index in [1.54, 1.807) is 6.20 Å². The van der Waals surface area contributed by atoms with Crippen LogP contribution in [0.15, 0.2) is 12.4 Å². The molecule has 3 N–H and O–H groups in total. The van der Waals surface area contributed by atoms with E-state index in [0.29, 0.717) is 0 Å². The first-order chi connectivity index (χ1) is 5.61. The fourth-order valence-corrected chi connectivity index (χ4v) is 0.840. The largest absolute Gasteiger partial charge is 0.352 e. The van der Waals surface area contributed by atoms with E-state index in [-0.39, 0.29) is 12.1 Å². The minimum absolute atomic E-state index is 0.127. The molecule has 0 saturated carbocycles. The Kier molecular flexibility index (Phi) is 2.70. The van der Waals surface area contributed by atoms with Crippen LogP contribution in [0.25, 0.3) is 0 Å². The van der Waals surface area contributed by atoms with Crippen LogP contribution in [0.2, 0.25) is 0 Å². The third kappa shape index (κ3) is 1.98. The van der Waals surface area contributed by atoms with Crippen molar-refractivity contribution in [2.45, 2.75) is 25.9 Å². The minimum atomic E-state index is 0.127. The molecule has 0 amide bonds. The number of aryl methyl sites for hydroxylation is 1. The topological polar surface area (TPSA) is 55.9 Å². The van der Waals surface area contributed by atoms with Gasteiger partial charge in [-0.05, 0) is 13.8 Å². The van der Waals surface area contributed by atoms with Gasteiger partial charge in [0, 0.05) is 31.5 Å². The Labute approximate surface area is 72.8 Å². The van der Waals surface area contributed by atoms with Crippen LogP contribution in [0.4, 0.5) is 5.95 Å². The molecule has 0 bridgehead atoms. The third-order valence-corrected chi connectivity index (χ3v) is 1.97. The molecule has 4 heteroatoms. The minimum Gasteiger partial charge on any atom is -0.352 e. The van der Waals surface area contributed by atoms with E-state index in [1.165, 1.54) is 0 Å². The second kappa shape index (κ2) is 3.58. The lowest BCUT2D eigenvalue weighted by Crippen LogP contribution is -2.35. The number of aromatic nitrogens is 2. The molecule has 0 spiro atoms. The van der Waals surface area contributed by atoms with Gasteiger partial charge in [-0.15, -0.1) is 0 Å². The highest BCUT2D eigenvalue weighted by Gasteiger charge is 2.08. The van der Waals surface area contributed by atoms with Crippen LogP contribution in [0.1, 0.15) is 13.8 Å². The number of anilines is 1. The predicted molar refractivity (Wildman–Crippen MR) is 49.9 cm³/mol. The summed E-state index contributed by atoms with van der Waals surface area (Å²) in [5.41, 5.74) is 5.70.